The first-order valence-corrected chi connectivity index (χ1v) is 9.21. The lowest BCUT2D eigenvalue weighted by Crippen LogP contribution is -2.73. The first kappa shape index (κ1) is 21.8. The summed E-state index contributed by atoms with van der Waals surface area (Å²) in [4.78, 5) is 16.1. The Bertz CT molecular complexity index is 1150. The van der Waals surface area contributed by atoms with Crippen LogP contribution < -0.4 is 21.7 Å². The molecule has 0 bridgehead atoms. The summed E-state index contributed by atoms with van der Waals surface area (Å²) < 4.78 is 38.5. The first-order chi connectivity index (χ1) is 14.7. The van der Waals surface area contributed by atoms with E-state index in [-0.39, 0.29) is 5.84 Å². The van der Waals surface area contributed by atoms with Gasteiger partial charge in [-0.15, -0.1) is 0 Å². The van der Waals surface area contributed by atoms with Gasteiger partial charge < -0.3 is 21.7 Å². The molecular formula is C20H21F3N7O+. The molecule has 3 rings (SSSR count). The van der Waals surface area contributed by atoms with E-state index in [1.807, 2.05) is 17.5 Å². The topological polar surface area (TPSA) is 125 Å². The number of benzene rings is 1. The zero-order valence-electron chi connectivity index (χ0n) is 16.5. The summed E-state index contributed by atoms with van der Waals surface area (Å²) in [5.41, 5.74) is 9.36. The molecule has 0 aliphatic rings. The van der Waals surface area contributed by atoms with Gasteiger partial charge in [-0.3, -0.25) is 9.81 Å². The van der Waals surface area contributed by atoms with E-state index in [0.717, 1.165) is 11.3 Å². The molecule has 2 aromatic heterocycles. The first-order valence-electron chi connectivity index (χ1n) is 9.21. The molecule has 0 aliphatic carbocycles. The summed E-state index contributed by atoms with van der Waals surface area (Å²) in [5, 5.41) is 13.7. The highest BCUT2D eigenvalue weighted by molar-refractivity contribution is 6.20. The highest BCUT2D eigenvalue weighted by Gasteiger charge is 2.27. The van der Waals surface area contributed by atoms with E-state index < -0.39 is 18.8 Å². The summed E-state index contributed by atoms with van der Waals surface area (Å²) in [6.07, 6.45) is 0.693. The van der Waals surface area contributed by atoms with Gasteiger partial charge in [0.2, 0.25) is 0 Å². The maximum Gasteiger partial charge on any atom is 0.405 e. The minimum Gasteiger partial charge on any atom is -0.383 e. The van der Waals surface area contributed by atoms with Crippen LogP contribution in [0.2, 0.25) is 0 Å². The summed E-state index contributed by atoms with van der Waals surface area (Å²) in [6, 6.07) is 9.34. The summed E-state index contributed by atoms with van der Waals surface area (Å²) in [7, 11) is 1.83. The van der Waals surface area contributed by atoms with Crippen molar-refractivity contribution in [2.45, 2.75) is 6.18 Å². The number of amides is 2. The number of imidazole rings is 1. The van der Waals surface area contributed by atoms with E-state index in [9.17, 15) is 18.0 Å². The Morgan fingerprint density at radius 1 is 1.32 bits per heavy atom. The van der Waals surface area contributed by atoms with Gasteiger partial charge in [-0.25, -0.2) is 9.78 Å². The van der Waals surface area contributed by atoms with Gasteiger partial charge in [0.15, 0.2) is 0 Å². The van der Waals surface area contributed by atoms with Crippen LogP contribution in [0, 0.1) is 5.41 Å². The van der Waals surface area contributed by atoms with Crippen molar-refractivity contribution in [3.63, 3.8) is 0 Å². The van der Waals surface area contributed by atoms with Crippen molar-refractivity contribution in [1.82, 2.24) is 14.7 Å². The number of fused-ring (bicyclic) bond motifs is 1. The Hall–Kier alpha value is -3.86. The molecule has 0 unspecified atom stereocenters. The van der Waals surface area contributed by atoms with Gasteiger partial charge >= 0.3 is 12.2 Å². The normalized spacial score (nSPS) is 12.1. The van der Waals surface area contributed by atoms with Crippen molar-refractivity contribution in [2.24, 2.45) is 5.73 Å². The fourth-order valence-corrected chi connectivity index (χ4v) is 2.98. The molecule has 8 nitrogen and oxygen atoms in total. The molecule has 0 radical (unpaired) electrons. The average molecular weight is 432 g/mol. The highest BCUT2D eigenvalue weighted by Crippen LogP contribution is 2.25. The monoisotopic (exact) mass is 432 g/mol. The van der Waals surface area contributed by atoms with Crippen molar-refractivity contribution in [2.75, 3.05) is 18.9 Å². The quantitative estimate of drug-likeness (QED) is 0.303. The molecule has 0 saturated carbocycles. The minimum absolute atomic E-state index is 0.0585. The SMILES string of the molecule is C[NH2+]/C=C(\C(=N)N)c1ccn2c(-c3cccc(NC(=O)NCC(F)(F)F)c3)cnc2c1. The number of nitrogens with one attached hydrogen (secondary N) is 3. The molecule has 7 N–H and O–H groups in total. The fraction of sp³-hybridized carbons (Fsp3) is 0.150. The second-order valence-corrected chi connectivity index (χ2v) is 6.62. The third kappa shape index (κ3) is 5.39. The van der Waals surface area contributed by atoms with Crippen LogP contribution in [0.25, 0.3) is 22.5 Å². The number of nitrogens with zero attached hydrogens (tertiary/aromatic N) is 2. The summed E-state index contributed by atoms with van der Waals surface area (Å²) >= 11 is 0. The number of urea groups is 1. The number of alkyl halides is 3. The Kier molecular flexibility index (Phi) is 6.25. The third-order valence-corrected chi connectivity index (χ3v) is 4.31. The molecule has 2 heterocycles. The number of quaternary nitrogens is 1. The van der Waals surface area contributed by atoms with Gasteiger partial charge in [0.1, 0.15) is 24.2 Å². The number of anilines is 1. The van der Waals surface area contributed by atoms with Gasteiger partial charge in [-0.1, -0.05) is 12.1 Å². The number of amidine groups is 1. The van der Waals surface area contributed by atoms with E-state index in [4.69, 9.17) is 11.1 Å². The molecule has 11 heteroatoms. The zero-order chi connectivity index (χ0) is 22.6. The molecule has 0 saturated heterocycles. The van der Waals surface area contributed by atoms with E-state index in [1.54, 1.807) is 59.6 Å². The van der Waals surface area contributed by atoms with Crippen molar-refractivity contribution in [3.05, 3.63) is 60.6 Å². The van der Waals surface area contributed by atoms with Crippen LogP contribution >= 0.6 is 0 Å². The maximum absolute atomic E-state index is 12.2. The van der Waals surface area contributed by atoms with Crippen LogP contribution in [0.5, 0.6) is 0 Å². The number of pyridine rings is 1. The number of nitrogens with two attached hydrogens (primary N) is 2. The predicted octanol–water partition coefficient (Wildman–Crippen LogP) is 2.16. The van der Waals surface area contributed by atoms with E-state index in [2.05, 4.69) is 10.3 Å². The predicted molar refractivity (Wildman–Crippen MR) is 111 cm³/mol. The molecule has 2 amide bonds. The zero-order valence-corrected chi connectivity index (χ0v) is 16.5. The molecule has 31 heavy (non-hydrogen) atoms. The van der Waals surface area contributed by atoms with Gasteiger partial charge in [0, 0.05) is 17.4 Å². The number of halogens is 3. The lowest BCUT2D eigenvalue weighted by Gasteiger charge is -2.11. The summed E-state index contributed by atoms with van der Waals surface area (Å²) in [5.74, 6) is -0.0585. The number of carbonyl (C=O) groups is 1. The van der Waals surface area contributed by atoms with Crippen LogP contribution in [0.15, 0.2) is 55.0 Å². The highest BCUT2D eigenvalue weighted by atomic mass is 19.4. The molecular weight excluding hydrogens is 411 g/mol. The van der Waals surface area contributed by atoms with Gasteiger partial charge in [-0.05, 0) is 29.8 Å². The molecule has 0 fully saturated rings. The van der Waals surface area contributed by atoms with Crippen LogP contribution in [-0.2, 0) is 0 Å². The molecule has 3 aromatic rings. The fourth-order valence-electron chi connectivity index (χ4n) is 2.98. The molecule has 0 aliphatic heterocycles. The number of hydrogen-bond acceptors (Lipinski definition) is 3. The number of rotatable bonds is 6. The standard InChI is InChI=1S/C20H20F3N7O/c1-26-9-15(18(24)25)12-5-6-30-16(10-27-17(30)8-12)13-3-2-4-14(7-13)29-19(31)28-11-20(21,22)23/h2-10,26H,11H2,1H3,(H3,24,25)(H2,28,29,31)/p+1/b15-9-. The van der Waals surface area contributed by atoms with E-state index in [1.165, 1.54) is 0 Å². The van der Waals surface area contributed by atoms with E-state index >= 15 is 0 Å². The van der Waals surface area contributed by atoms with Crippen LogP contribution in [-0.4, -0.2) is 41.0 Å². The third-order valence-electron chi connectivity index (χ3n) is 4.31. The lowest BCUT2D eigenvalue weighted by molar-refractivity contribution is -0.555. The van der Waals surface area contributed by atoms with Crippen LogP contribution in [0.3, 0.4) is 0 Å². The van der Waals surface area contributed by atoms with Gasteiger partial charge in [0.05, 0.1) is 24.5 Å². The number of aromatic nitrogens is 2. The van der Waals surface area contributed by atoms with Crippen molar-refractivity contribution in [1.29, 1.82) is 5.41 Å². The smallest absolute Gasteiger partial charge is 0.383 e. The maximum atomic E-state index is 12.2. The van der Waals surface area contributed by atoms with E-state index in [0.29, 0.717) is 22.5 Å². The Balaban J connectivity index is 1.86. The number of carbonyl (C=O) groups excluding carboxylic acids is 1. The number of hydrogen-bond donors (Lipinski definition) is 5. The molecule has 0 atom stereocenters. The molecule has 1 aromatic carbocycles. The largest absolute Gasteiger partial charge is 0.405 e. The van der Waals surface area contributed by atoms with Crippen molar-refractivity contribution in [3.8, 4) is 11.3 Å². The van der Waals surface area contributed by atoms with Gasteiger partial charge in [-0.2, -0.15) is 13.2 Å². The van der Waals surface area contributed by atoms with Crippen molar-refractivity contribution >= 4 is 28.8 Å². The summed E-state index contributed by atoms with van der Waals surface area (Å²) in [6.45, 7) is -1.42. The second-order valence-electron chi connectivity index (χ2n) is 6.62. The lowest BCUT2D eigenvalue weighted by atomic mass is 10.1. The van der Waals surface area contributed by atoms with Gasteiger partial charge in [0.25, 0.3) is 0 Å². The van der Waals surface area contributed by atoms with Crippen molar-refractivity contribution < 1.29 is 23.3 Å². The average Bonchev–Trinajstić information content (AvgIpc) is 3.13. The molecule has 0 spiro atoms. The Labute approximate surface area is 175 Å². The minimum atomic E-state index is -4.48. The second kappa shape index (κ2) is 8.88. The van der Waals surface area contributed by atoms with Crippen LogP contribution in [0.4, 0.5) is 23.7 Å². The Morgan fingerprint density at radius 2 is 2.10 bits per heavy atom. The van der Waals surface area contributed by atoms with Crippen LogP contribution in [0.1, 0.15) is 5.56 Å². The Morgan fingerprint density at radius 3 is 2.77 bits per heavy atom. The molecule has 162 valence electrons.